The third-order valence-electron chi connectivity index (χ3n) is 14.0. The van der Waals surface area contributed by atoms with Crippen molar-refractivity contribution in [2.24, 2.45) is 80.8 Å². The lowest BCUT2D eigenvalue weighted by molar-refractivity contribution is -0.442. The van der Waals surface area contributed by atoms with E-state index in [1.165, 1.54) is 51.4 Å². The first kappa shape index (κ1) is 15.2. The van der Waals surface area contributed by atoms with Crippen LogP contribution in [0.3, 0.4) is 0 Å². The van der Waals surface area contributed by atoms with Crippen LogP contribution in [0, 0.1) is 80.8 Å². The van der Waals surface area contributed by atoms with E-state index in [0.29, 0.717) is 22.4 Å². The van der Waals surface area contributed by atoms with Crippen LogP contribution >= 0.6 is 0 Å². The maximum absolute atomic E-state index is 12.9. The summed E-state index contributed by atoms with van der Waals surface area (Å²) in [5.74, 6) is 10.2. The molecule has 13 saturated carbocycles. The minimum atomic E-state index is 0.0763. The maximum Gasteiger partial charge on any atom is 0.136 e. The van der Waals surface area contributed by atoms with Gasteiger partial charge < -0.3 is 0 Å². The first-order chi connectivity index (χ1) is 13.4. The fourth-order valence-corrected chi connectivity index (χ4v) is 14.4. The Morgan fingerprint density at radius 3 is 1.14 bits per heavy atom. The van der Waals surface area contributed by atoms with Crippen LogP contribution in [-0.4, -0.2) is 11.6 Å². The smallest absolute Gasteiger partial charge is 0.136 e. The van der Waals surface area contributed by atoms with E-state index < -0.39 is 0 Å². The molecule has 8 unspecified atom stereocenters. The fraction of sp³-hybridized carbons (Fsp3) is 0.923. The van der Waals surface area contributed by atoms with E-state index in [2.05, 4.69) is 0 Å². The lowest BCUT2D eigenvalue weighted by atomic mass is 9.12. The standard InChI is InChI=1S/C26H32O2/c1-11(27)23-3-15-13-8-26-10-24(12(2)28)5-17-14-7-25(9-23,19(15)21(17)26)20(16(13)4-23)22(26)18(14)6-24/h13-22H,3-10H2,1-2H3. The minimum Gasteiger partial charge on any atom is -0.299 e. The largest absolute Gasteiger partial charge is 0.299 e. The van der Waals surface area contributed by atoms with E-state index in [1.54, 1.807) is 0 Å². The van der Waals surface area contributed by atoms with Crippen LogP contribution in [0.5, 0.6) is 0 Å². The van der Waals surface area contributed by atoms with Gasteiger partial charge in [0.05, 0.1) is 0 Å². The molecule has 8 atom stereocenters. The molecule has 148 valence electrons. The summed E-state index contributed by atoms with van der Waals surface area (Å²) in [6.45, 7) is 3.87. The summed E-state index contributed by atoms with van der Waals surface area (Å²) in [6, 6.07) is 0. The van der Waals surface area contributed by atoms with Crippen molar-refractivity contribution < 1.29 is 9.59 Å². The minimum absolute atomic E-state index is 0.0763. The number of carbonyl (C=O) groups is 2. The van der Waals surface area contributed by atoms with Gasteiger partial charge in [0.2, 0.25) is 0 Å². The zero-order valence-electron chi connectivity index (χ0n) is 17.2. The Morgan fingerprint density at radius 1 is 0.536 bits per heavy atom. The normalized spacial score (nSPS) is 74.5. The van der Waals surface area contributed by atoms with Crippen LogP contribution in [0.15, 0.2) is 0 Å². The van der Waals surface area contributed by atoms with Gasteiger partial charge >= 0.3 is 0 Å². The quantitative estimate of drug-likeness (QED) is 0.710. The second-order valence-electron chi connectivity index (χ2n) is 13.8. The van der Waals surface area contributed by atoms with Crippen molar-refractivity contribution in [2.75, 3.05) is 0 Å². The van der Waals surface area contributed by atoms with Gasteiger partial charge in [-0.2, -0.15) is 0 Å². The highest BCUT2D eigenvalue weighted by molar-refractivity contribution is 5.84. The molecule has 2 heteroatoms. The first-order valence-electron chi connectivity index (χ1n) is 12.4. The Hall–Kier alpha value is -0.660. The average Bonchev–Trinajstić information content (AvgIpc) is 2.65. The van der Waals surface area contributed by atoms with Crippen LogP contribution in [0.25, 0.3) is 0 Å². The van der Waals surface area contributed by atoms with E-state index in [9.17, 15) is 9.59 Å². The molecule has 13 rings (SSSR count). The number of hydrogen-bond donors (Lipinski definition) is 0. The molecule has 13 fully saturated rings. The van der Waals surface area contributed by atoms with E-state index in [4.69, 9.17) is 0 Å². The molecule has 0 aromatic rings. The summed E-state index contributed by atoms with van der Waals surface area (Å²) in [5, 5.41) is 0. The predicted octanol–water partition coefficient (Wildman–Crippen LogP) is 4.52. The molecule has 14 bridgehead atoms. The van der Waals surface area contributed by atoms with Crippen molar-refractivity contribution in [2.45, 2.75) is 65.2 Å². The Bertz CT molecular complexity index is 799. The van der Waals surface area contributed by atoms with E-state index in [0.717, 1.165) is 59.2 Å². The van der Waals surface area contributed by atoms with Gasteiger partial charge in [0.1, 0.15) is 11.6 Å². The summed E-state index contributed by atoms with van der Waals surface area (Å²) in [6.07, 6.45) is 10.5. The summed E-state index contributed by atoms with van der Waals surface area (Å²) < 4.78 is 0. The molecule has 2 spiro atoms. The first-order valence-corrected chi connectivity index (χ1v) is 12.4. The van der Waals surface area contributed by atoms with Crippen molar-refractivity contribution in [1.82, 2.24) is 0 Å². The number of rotatable bonds is 2. The van der Waals surface area contributed by atoms with Crippen LogP contribution < -0.4 is 0 Å². The van der Waals surface area contributed by atoms with Crippen molar-refractivity contribution in [3.8, 4) is 0 Å². The molecule has 13 aliphatic carbocycles. The zero-order valence-corrected chi connectivity index (χ0v) is 17.2. The summed E-state index contributed by atoms with van der Waals surface area (Å²) >= 11 is 0. The molecule has 28 heavy (non-hydrogen) atoms. The summed E-state index contributed by atoms with van der Waals surface area (Å²) in [5.41, 5.74) is 1.26. The third-order valence-corrected chi connectivity index (χ3v) is 14.0. The molecule has 0 amide bonds. The highest BCUT2D eigenvalue weighted by Gasteiger charge is 2.89. The Morgan fingerprint density at radius 2 is 0.857 bits per heavy atom. The van der Waals surface area contributed by atoms with Crippen molar-refractivity contribution in [1.29, 1.82) is 0 Å². The van der Waals surface area contributed by atoms with Gasteiger partial charge in [-0.1, -0.05) is 0 Å². The zero-order chi connectivity index (χ0) is 18.6. The highest BCUT2D eigenvalue weighted by Crippen LogP contribution is 2.94. The monoisotopic (exact) mass is 376 g/mol. The molecular weight excluding hydrogens is 344 g/mol. The third kappa shape index (κ3) is 1.09. The molecule has 2 nitrogen and oxygen atoms in total. The van der Waals surface area contributed by atoms with Crippen LogP contribution in [0.4, 0.5) is 0 Å². The summed E-state index contributed by atoms with van der Waals surface area (Å²) in [4.78, 5) is 25.9. The molecule has 0 aliphatic heterocycles. The summed E-state index contributed by atoms with van der Waals surface area (Å²) in [7, 11) is 0. The van der Waals surface area contributed by atoms with Crippen LogP contribution in [0.2, 0.25) is 0 Å². The van der Waals surface area contributed by atoms with Gasteiger partial charge in [0.25, 0.3) is 0 Å². The molecule has 0 saturated heterocycles. The Kier molecular flexibility index (Phi) is 2.02. The van der Waals surface area contributed by atoms with Crippen molar-refractivity contribution >= 4 is 11.6 Å². The topological polar surface area (TPSA) is 34.1 Å². The van der Waals surface area contributed by atoms with Gasteiger partial charge in [-0.3, -0.25) is 9.59 Å². The lowest BCUT2D eigenvalue weighted by Crippen LogP contribution is -2.87. The second-order valence-corrected chi connectivity index (χ2v) is 13.8. The van der Waals surface area contributed by atoms with Crippen molar-refractivity contribution in [3.05, 3.63) is 0 Å². The van der Waals surface area contributed by atoms with Gasteiger partial charge in [-0.05, 0) is 135 Å². The molecule has 0 heterocycles. The van der Waals surface area contributed by atoms with Gasteiger partial charge in [0.15, 0.2) is 0 Å². The number of carbonyl (C=O) groups excluding carboxylic acids is 2. The molecule has 13 aliphatic rings. The predicted molar refractivity (Wildman–Crippen MR) is 103 cm³/mol. The molecule has 0 radical (unpaired) electrons. The Balaban J connectivity index is 1.32. The number of hydrogen-bond acceptors (Lipinski definition) is 2. The Labute approximate surface area is 167 Å². The molecule has 0 N–H and O–H groups in total. The van der Waals surface area contributed by atoms with Crippen molar-refractivity contribution in [3.63, 3.8) is 0 Å². The highest BCUT2D eigenvalue weighted by atomic mass is 16.1. The fourth-order valence-electron chi connectivity index (χ4n) is 14.4. The van der Waals surface area contributed by atoms with Crippen LogP contribution in [0.1, 0.15) is 65.2 Å². The SMILES string of the molecule is CC(=O)C12CC3C4CC56CC7(C(C)=O)CC8C9CC(C1)(C3C85)C(C4C2)C6C9C7. The lowest BCUT2D eigenvalue weighted by Gasteiger charge is -2.92. The molecular formula is C26H32O2. The van der Waals surface area contributed by atoms with Gasteiger partial charge in [-0.25, -0.2) is 0 Å². The van der Waals surface area contributed by atoms with Gasteiger partial charge in [0, 0.05) is 10.8 Å². The van der Waals surface area contributed by atoms with Crippen LogP contribution in [-0.2, 0) is 9.59 Å². The van der Waals surface area contributed by atoms with E-state index in [-0.39, 0.29) is 10.8 Å². The second kappa shape index (κ2) is 3.73. The molecule has 0 aromatic heterocycles. The maximum atomic E-state index is 12.9. The van der Waals surface area contributed by atoms with Gasteiger partial charge in [-0.15, -0.1) is 0 Å². The number of Topliss-reactive ketones (excluding diaryl/α,β-unsaturated/α-hetero) is 2. The molecule has 0 aromatic carbocycles. The average molecular weight is 377 g/mol. The van der Waals surface area contributed by atoms with E-state index in [1.807, 2.05) is 13.8 Å². The van der Waals surface area contributed by atoms with E-state index >= 15 is 0 Å². The number of ketones is 2.